The Morgan fingerprint density at radius 2 is 1.75 bits per heavy atom. The normalized spacial score (nSPS) is 16.3. The molecule has 16 heavy (non-hydrogen) atoms. The lowest BCUT2D eigenvalue weighted by Crippen LogP contribution is -2.36. The lowest BCUT2D eigenvalue weighted by Gasteiger charge is -2.28. The highest BCUT2D eigenvalue weighted by molar-refractivity contribution is 5.94. The molecule has 0 N–H and O–H groups in total. The number of hydrogen-bond donors (Lipinski definition) is 0. The van der Waals surface area contributed by atoms with E-state index >= 15 is 0 Å². The largest absolute Gasteiger partial charge is 0.338 e. The molecule has 1 aromatic carbocycles. The van der Waals surface area contributed by atoms with Gasteiger partial charge in [0.05, 0.1) is 0 Å². The third kappa shape index (κ3) is 2.30. The fraction of sp³-hybridized carbons (Fsp3) is 0.308. The number of carbonyl (C=O) groups is 1. The number of carbonyl (C=O) groups excluding carboxylic acids is 1. The molecule has 1 fully saturated rings. The van der Waals surface area contributed by atoms with Gasteiger partial charge in [0.1, 0.15) is 5.82 Å². The van der Waals surface area contributed by atoms with Crippen LogP contribution in [0.2, 0.25) is 0 Å². The Balaban J connectivity index is 2.07. The Morgan fingerprint density at radius 3 is 2.31 bits per heavy atom. The van der Waals surface area contributed by atoms with Crippen molar-refractivity contribution < 1.29 is 9.18 Å². The van der Waals surface area contributed by atoms with Gasteiger partial charge in [-0.2, -0.15) is 0 Å². The first-order chi connectivity index (χ1) is 7.66. The van der Waals surface area contributed by atoms with E-state index in [0.29, 0.717) is 5.56 Å². The number of rotatable bonds is 1. The summed E-state index contributed by atoms with van der Waals surface area (Å²) in [6.45, 7) is 5.34. The number of benzene rings is 1. The molecule has 0 unspecified atom stereocenters. The number of nitrogens with zero attached hydrogens (tertiary/aromatic N) is 1. The van der Waals surface area contributed by atoms with Gasteiger partial charge in [-0.1, -0.05) is 12.2 Å². The zero-order valence-electron chi connectivity index (χ0n) is 9.08. The topological polar surface area (TPSA) is 20.3 Å². The molecule has 2 rings (SSSR count). The van der Waals surface area contributed by atoms with Crippen LogP contribution < -0.4 is 0 Å². The van der Waals surface area contributed by atoms with Crippen LogP contribution in [0.5, 0.6) is 0 Å². The average Bonchev–Trinajstić information content (AvgIpc) is 2.30. The molecule has 84 valence electrons. The van der Waals surface area contributed by atoms with Crippen molar-refractivity contribution in [1.82, 2.24) is 4.90 Å². The SMILES string of the molecule is C=C1CCN(C(=O)c2ccc(F)cc2)CC1. The molecule has 0 aromatic heterocycles. The molecule has 1 heterocycles. The van der Waals surface area contributed by atoms with Gasteiger partial charge in [-0.15, -0.1) is 0 Å². The lowest BCUT2D eigenvalue weighted by atomic mass is 10.0. The van der Waals surface area contributed by atoms with Gasteiger partial charge in [0.25, 0.3) is 5.91 Å². The van der Waals surface area contributed by atoms with Gasteiger partial charge < -0.3 is 4.90 Å². The minimum atomic E-state index is -0.316. The van der Waals surface area contributed by atoms with E-state index in [2.05, 4.69) is 6.58 Å². The molecular weight excluding hydrogens is 205 g/mol. The highest BCUT2D eigenvalue weighted by Gasteiger charge is 2.19. The Hall–Kier alpha value is -1.64. The maximum absolute atomic E-state index is 12.7. The second kappa shape index (κ2) is 4.47. The van der Waals surface area contributed by atoms with Crippen LogP contribution in [0.25, 0.3) is 0 Å². The molecule has 1 saturated heterocycles. The summed E-state index contributed by atoms with van der Waals surface area (Å²) in [6.07, 6.45) is 1.74. The van der Waals surface area contributed by atoms with Crippen molar-refractivity contribution in [2.24, 2.45) is 0 Å². The lowest BCUT2D eigenvalue weighted by molar-refractivity contribution is 0.0744. The number of amides is 1. The maximum Gasteiger partial charge on any atom is 0.253 e. The highest BCUT2D eigenvalue weighted by Crippen LogP contribution is 2.16. The molecule has 3 heteroatoms. The Morgan fingerprint density at radius 1 is 1.19 bits per heavy atom. The van der Waals surface area contributed by atoms with Crippen LogP contribution in [0.4, 0.5) is 4.39 Å². The summed E-state index contributed by atoms with van der Waals surface area (Å²) in [6, 6.07) is 5.69. The van der Waals surface area contributed by atoms with E-state index in [1.165, 1.54) is 29.8 Å². The van der Waals surface area contributed by atoms with E-state index < -0.39 is 0 Å². The number of halogens is 1. The summed E-state index contributed by atoms with van der Waals surface area (Å²) < 4.78 is 12.7. The smallest absolute Gasteiger partial charge is 0.253 e. The second-order valence-corrected chi connectivity index (χ2v) is 4.05. The molecule has 1 amide bonds. The fourth-order valence-corrected chi connectivity index (χ4v) is 1.80. The molecule has 1 aromatic rings. The van der Waals surface area contributed by atoms with Crippen LogP contribution >= 0.6 is 0 Å². The van der Waals surface area contributed by atoms with Crippen molar-refractivity contribution in [2.75, 3.05) is 13.1 Å². The molecule has 2 nitrogen and oxygen atoms in total. The van der Waals surface area contributed by atoms with Gasteiger partial charge in [0.2, 0.25) is 0 Å². The van der Waals surface area contributed by atoms with Gasteiger partial charge in [-0.05, 0) is 37.1 Å². The first kappa shape index (κ1) is 10.9. The van der Waals surface area contributed by atoms with Crippen LogP contribution in [0, 0.1) is 5.82 Å². The number of piperidine rings is 1. The average molecular weight is 219 g/mol. The van der Waals surface area contributed by atoms with E-state index in [4.69, 9.17) is 0 Å². The Kier molecular flexibility index (Phi) is 3.04. The molecule has 0 saturated carbocycles. The van der Waals surface area contributed by atoms with E-state index in [1.54, 1.807) is 4.90 Å². The van der Waals surface area contributed by atoms with Crippen molar-refractivity contribution in [1.29, 1.82) is 0 Å². The standard InChI is InChI=1S/C13H14FNO/c1-10-6-8-15(9-7-10)13(16)11-2-4-12(14)5-3-11/h2-5H,1,6-9H2. The van der Waals surface area contributed by atoms with Crippen LogP contribution in [0.1, 0.15) is 23.2 Å². The minimum absolute atomic E-state index is 0.0208. The molecule has 0 radical (unpaired) electrons. The molecule has 0 atom stereocenters. The van der Waals surface area contributed by atoms with Crippen LogP contribution in [0.3, 0.4) is 0 Å². The quantitative estimate of drug-likeness (QED) is 0.665. The first-order valence-electron chi connectivity index (χ1n) is 5.38. The van der Waals surface area contributed by atoms with Gasteiger partial charge in [0, 0.05) is 18.7 Å². The second-order valence-electron chi connectivity index (χ2n) is 4.05. The predicted molar refractivity (Wildman–Crippen MR) is 60.7 cm³/mol. The third-order valence-corrected chi connectivity index (χ3v) is 2.85. The van der Waals surface area contributed by atoms with E-state index in [0.717, 1.165) is 25.9 Å². The molecule has 0 spiro atoms. The van der Waals surface area contributed by atoms with Crippen molar-refractivity contribution in [3.05, 3.63) is 47.8 Å². The number of likely N-dealkylation sites (tertiary alicyclic amines) is 1. The maximum atomic E-state index is 12.7. The Bertz CT molecular complexity index is 400. The molecule has 0 aliphatic carbocycles. The van der Waals surface area contributed by atoms with Crippen molar-refractivity contribution in [3.8, 4) is 0 Å². The summed E-state index contributed by atoms with van der Waals surface area (Å²) in [5, 5.41) is 0. The van der Waals surface area contributed by atoms with Gasteiger partial charge >= 0.3 is 0 Å². The minimum Gasteiger partial charge on any atom is -0.338 e. The zero-order chi connectivity index (χ0) is 11.5. The summed E-state index contributed by atoms with van der Waals surface area (Å²) >= 11 is 0. The van der Waals surface area contributed by atoms with Gasteiger partial charge in [0.15, 0.2) is 0 Å². The van der Waals surface area contributed by atoms with Crippen molar-refractivity contribution >= 4 is 5.91 Å². The fourth-order valence-electron chi connectivity index (χ4n) is 1.80. The first-order valence-corrected chi connectivity index (χ1v) is 5.38. The van der Waals surface area contributed by atoms with Crippen LogP contribution in [-0.2, 0) is 0 Å². The third-order valence-electron chi connectivity index (χ3n) is 2.85. The van der Waals surface area contributed by atoms with Crippen molar-refractivity contribution in [3.63, 3.8) is 0 Å². The number of hydrogen-bond acceptors (Lipinski definition) is 1. The van der Waals surface area contributed by atoms with Crippen molar-refractivity contribution in [2.45, 2.75) is 12.8 Å². The zero-order valence-corrected chi connectivity index (χ0v) is 9.08. The summed E-state index contributed by atoms with van der Waals surface area (Å²) in [4.78, 5) is 13.8. The monoisotopic (exact) mass is 219 g/mol. The van der Waals surface area contributed by atoms with Crippen LogP contribution in [-0.4, -0.2) is 23.9 Å². The van der Waals surface area contributed by atoms with Gasteiger partial charge in [-0.3, -0.25) is 4.79 Å². The predicted octanol–water partition coefficient (Wildman–Crippen LogP) is 2.62. The summed E-state index contributed by atoms with van der Waals surface area (Å²) in [5.41, 5.74) is 1.75. The van der Waals surface area contributed by atoms with E-state index in [-0.39, 0.29) is 11.7 Å². The molecule has 1 aliphatic heterocycles. The van der Waals surface area contributed by atoms with Gasteiger partial charge in [-0.25, -0.2) is 4.39 Å². The van der Waals surface area contributed by atoms with E-state index in [9.17, 15) is 9.18 Å². The van der Waals surface area contributed by atoms with Crippen LogP contribution in [0.15, 0.2) is 36.4 Å². The van der Waals surface area contributed by atoms with E-state index in [1.807, 2.05) is 0 Å². The molecular formula is C13H14FNO. The summed E-state index contributed by atoms with van der Waals surface area (Å²) in [7, 11) is 0. The molecule has 1 aliphatic rings. The summed E-state index contributed by atoms with van der Waals surface area (Å²) in [5.74, 6) is -0.337. The highest BCUT2D eigenvalue weighted by atomic mass is 19.1. The Labute approximate surface area is 94.4 Å². The molecule has 0 bridgehead atoms.